The van der Waals surface area contributed by atoms with Gasteiger partial charge in [0.1, 0.15) is 17.3 Å². The normalized spacial score (nSPS) is 13.5. The number of nitrogens with zero attached hydrogens (tertiary/aromatic N) is 1. The molecule has 0 aliphatic carbocycles. The van der Waals surface area contributed by atoms with E-state index in [1.165, 1.54) is 31.4 Å². The SMILES string of the molecule is COc1ccc(C(O)(CN)C(=O)F)nc1-c1ccc(F)c(Cl)c1. The lowest BCUT2D eigenvalue weighted by molar-refractivity contribution is -0.149. The van der Waals surface area contributed by atoms with E-state index in [-0.39, 0.29) is 22.2 Å². The minimum Gasteiger partial charge on any atom is -0.494 e. The van der Waals surface area contributed by atoms with E-state index in [1.807, 2.05) is 0 Å². The molecule has 0 aliphatic heterocycles. The molecule has 0 radical (unpaired) electrons. The van der Waals surface area contributed by atoms with Crippen molar-refractivity contribution in [1.82, 2.24) is 4.98 Å². The highest BCUT2D eigenvalue weighted by Crippen LogP contribution is 2.33. The zero-order chi connectivity index (χ0) is 17.2. The van der Waals surface area contributed by atoms with E-state index in [4.69, 9.17) is 22.1 Å². The van der Waals surface area contributed by atoms with Crippen molar-refractivity contribution in [1.29, 1.82) is 0 Å². The fourth-order valence-electron chi connectivity index (χ4n) is 1.98. The molecule has 1 heterocycles. The first-order valence-electron chi connectivity index (χ1n) is 6.46. The topological polar surface area (TPSA) is 85.4 Å². The van der Waals surface area contributed by atoms with E-state index in [0.29, 0.717) is 5.56 Å². The Hall–Kier alpha value is -2.09. The molecule has 5 nitrogen and oxygen atoms in total. The van der Waals surface area contributed by atoms with Crippen LogP contribution in [0.25, 0.3) is 11.3 Å². The number of hydrogen-bond donors (Lipinski definition) is 2. The Bertz CT molecular complexity index is 757. The molecular formula is C15H13ClF2N2O3. The number of ether oxygens (including phenoxy) is 1. The quantitative estimate of drug-likeness (QED) is 0.814. The summed E-state index contributed by atoms with van der Waals surface area (Å²) < 4.78 is 31.6. The molecule has 2 rings (SSSR count). The second-order valence-electron chi connectivity index (χ2n) is 4.71. The van der Waals surface area contributed by atoms with Crippen molar-refractivity contribution in [2.45, 2.75) is 5.60 Å². The van der Waals surface area contributed by atoms with Crippen LogP contribution in [-0.4, -0.2) is 29.8 Å². The average molecular weight is 343 g/mol. The third-order valence-corrected chi connectivity index (χ3v) is 3.61. The molecule has 23 heavy (non-hydrogen) atoms. The highest BCUT2D eigenvalue weighted by Gasteiger charge is 2.39. The summed E-state index contributed by atoms with van der Waals surface area (Å²) in [4.78, 5) is 15.1. The van der Waals surface area contributed by atoms with Crippen molar-refractivity contribution < 1.29 is 23.4 Å². The van der Waals surface area contributed by atoms with Gasteiger partial charge in [0.05, 0.1) is 17.8 Å². The highest BCUT2D eigenvalue weighted by molar-refractivity contribution is 6.31. The van der Waals surface area contributed by atoms with E-state index < -0.39 is 24.0 Å². The summed E-state index contributed by atoms with van der Waals surface area (Å²) in [5.74, 6) is -0.356. The van der Waals surface area contributed by atoms with Gasteiger partial charge in [-0.05, 0) is 30.3 Å². The van der Waals surface area contributed by atoms with Crippen LogP contribution in [0, 0.1) is 5.82 Å². The number of aromatic nitrogens is 1. The van der Waals surface area contributed by atoms with E-state index in [9.17, 15) is 18.7 Å². The molecule has 0 aliphatic rings. The molecular weight excluding hydrogens is 330 g/mol. The van der Waals surface area contributed by atoms with Gasteiger partial charge in [-0.15, -0.1) is 0 Å². The summed E-state index contributed by atoms with van der Waals surface area (Å²) in [6.07, 6.45) is 0. The Kier molecular flexibility index (Phi) is 4.93. The maximum absolute atomic E-state index is 13.3. The van der Waals surface area contributed by atoms with Gasteiger partial charge in [-0.3, -0.25) is 4.79 Å². The third kappa shape index (κ3) is 3.17. The highest BCUT2D eigenvalue weighted by atomic mass is 35.5. The minimum absolute atomic E-state index is 0.146. The second-order valence-corrected chi connectivity index (χ2v) is 5.12. The zero-order valence-electron chi connectivity index (χ0n) is 12.0. The zero-order valence-corrected chi connectivity index (χ0v) is 12.8. The predicted octanol–water partition coefficient (Wildman–Crippen LogP) is 2.19. The monoisotopic (exact) mass is 342 g/mol. The summed E-state index contributed by atoms with van der Waals surface area (Å²) in [5.41, 5.74) is 2.95. The minimum atomic E-state index is -2.56. The number of hydrogen-bond acceptors (Lipinski definition) is 5. The van der Waals surface area contributed by atoms with Crippen molar-refractivity contribution in [2.24, 2.45) is 5.73 Å². The lowest BCUT2D eigenvalue weighted by Crippen LogP contribution is -2.41. The van der Waals surface area contributed by atoms with Gasteiger partial charge < -0.3 is 15.6 Å². The summed E-state index contributed by atoms with van der Waals surface area (Å²) in [6.45, 7) is -0.689. The molecule has 0 saturated carbocycles. The van der Waals surface area contributed by atoms with E-state index >= 15 is 0 Å². The van der Waals surface area contributed by atoms with Crippen LogP contribution >= 0.6 is 11.6 Å². The second kappa shape index (κ2) is 6.57. The lowest BCUT2D eigenvalue weighted by Gasteiger charge is -2.21. The number of halogens is 3. The molecule has 0 amide bonds. The number of methoxy groups -OCH3 is 1. The number of rotatable bonds is 5. The van der Waals surface area contributed by atoms with Crippen molar-refractivity contribution in [3.8, 4) is 17.0 Å². The average Bonchev–Trinajstić information content (AvgIpc) is 2.55. The molecule has 1 aromatic heterocycles. The van der Waals surface area contributed by atoms with Crippen LogP contribution in [0.5, 0.6) is 5.75 Å². The van der Waals surface area contributed by atoms with Gasteiger partial charge >= 0.3 is 6.04 Å². The Morgan fingerprint density at radius 1 is 1.43 bits per heavy atom. The molecule has 1 atom stereocenters. The molecule has 2 aromatic rings. The number of carbonyl (C=O) groups excluding carboxylic acids is 1. The summed E-state index contributed by atoms with van der Waals surface area (Å²) in [5, 5.41) is 9.92. The van der Waals surface area contributed by atoms with Crippen LogP contribution in [0.3, 0.4) is 0 Å². The fourth-order valence-corrected chi connectivity index (χ4v) is 2.16. The van der Waals surface area contributed by atoms with Crippen LogP contribution in [0.4, 0.5) is 8.78 Å². The third-order valence-electron chi connectivity index (χ3n) is 3.32. The van der Waals surface area contributed by atoms with Gasteiger partial charge in [0, 0.05) is 12.1 Å². The predicted molar refractivity (Wildman–Crippen MR) is 80.3 cm³/mol. The van der Waals surface area contributed by atoms with Crippen molar-refractivity contribution in [3.05, 3.63) is 46.9 Å². The molecule has 1 aromatic carbocycles. The number of nitrogens with two attached hydrogens (primary N) is 1. The van der Waals surface area contributed by atoms with Crippen molar-refractivity contribution in [2.75, 3.05) is 13.7 Å². The Balaban J connectivity index is 2.64. The van der Waals surface area contributed by atoms with Crippen LogP contribution in [-0.2, 0) is 10.4 Å². The molecule has 3 N–H and O–H groups in total. The molecule has 0 fully saturated rings. The Morgan fingerprint density at radius 3 is 2.65 bits per heavy atom. The van der Waals surface area contributed by atoms with Gasteiger partial charge in [0.15, 0.2) is 0 Å². The molecule has 1 unspecified atom stereocenters. The van der Waals surface area contributed by atoms with E-state index in [2.05, 4.69) is 4.98 Å². The Morgan fingerprint density at radius 2 is 2.13 bits per heavy atom. The first kappa shape index (κ1) is 17.3. The van der Waals surface area contributed by atoms with Gasteiger partial charge in [0.25, 0.3) is 0 Å². The van der Waals surface area contributed by atoms with Gasteiger partial charge in [-0.1, -0.05) is 11.6 Å². The fraction of sp³-hybridized carbons (Fsp3) is 0.200. The van der Waals surface area contributed by atoms with Crippen LogP contribution < -0.4 is 10.5 Å². The molecule has 0 spiro atoms. The van der Waals surface area contributed by atoms with Gasteiger partial charge in [0.2, 0.25) is 5.60 Å². The summed E-state index contributed by atoms with van der Waals surface area (Å²) in [6, 6.07) is 4.39. The van der Waals surface area contributed by atoms with Crippen LogP contribution in [0.1, 0.15) is 5.69 Å². The maximum atomic E-state index is 13.3. The van der Waals surface area contributed by atoms with Crippen molar-refractivity contribution in [3.63, 3.8) is 0 Å². The van der Waals surface area contributed by atoms with Gasteiger partial charge in [-0.2, -0.15) is 4.39 Å². The largest absolute Gasteiger partial charge is 0.494 e. The molecule has 0 bridgehead atoms. The summed E-state index contributed by atoms with van der Waals surface area (Å²) in [7, 11) is 1.38. The Labute approximate surface area is 135 Å². The molecule has 8 heteroatoms. The van der Waals surface area contributed by atoms with Crippen molar-refractivity contribution >= 4 is 17.6 Å². The standard InChI is InChI=1S/C15H13ClF2N2O3/c1-23-11-4-5-12(15(22,7-19)14(18)21)20-13(11)8-2-3-10(17)9(16)6-8/h2-6,22H,7,19H2,1H3. The number of aliphatic hydroxyl groups is 1. The van der Waals surface area contributed by atoms with E-state index in [0.717, 1.165) is 6.07 Å². The number of benzene rings is 1. The number of pyridine rings is 1. The maximum Gasteiger partial charge on any atom is 0.340 e. The van der Waals surface area contributed by atoms with Crippen LogP contribution in [0.15, 0.2) is 30.3 Å². The van der Waals surface area contributed by atoms with Gasteiger partial charge in [-0.25, -0.2) is 9.37 Å². The van der Waals surface area contributed by atoms with E-state index in [1.54, 1.807) is 0 Å². The first-order valence-corrected chi connectivity index (χ1v) is 6.84. The van der Waals surface area contributed by atoms with Crippen LogP contribution in [0.2, 0.25) is 5.02 Å². The first-order chi connectivity index (χ1) is 10.8. The number of carbonyl (C=O) groups is 1. The lowest BCUT2D eigenvalue weighted by atomic mass is 9.99. The smallest absolute Gasteiger partial charge is 0.340 e. The summed E-state index contributed by atoms with van der Waals surface area (Å²) >= 11 is 5.74. The molecule has 122 valence electrons. The molecule has 0 saturated heterocycles.